The molecule has 0 amide bonds. The second-order valence-corrected chi connectivity index (χ2v) is 6.13. The molecule has 0 spiro atoms. The summed E-state index contributed by atoms with van der Waals surface area (Å²) < 4.78 is 10.8. The van der Waals surface area contributed by atoms with Crippen molar-refractivity contribution in [3.63, 3.8) is 0 Å². The molecular weight excluding hydrogens is 254 g/mol. The smallest absolute Gasteiger partial charge is 0.165 e. The second kappa shape index (κ2) is 6.95. The van der Waals surface area contributed by atoms with Crippen molar-refractivity contribution >= 4 is 0 Å². The van der Waals surface area contributed by atoms with Crippen molar-refractivity contribution < 1.29 is 14.6 Å². The van der Waals surface area contributed by atoms with Crippen molar-refractivity contribution in [2.45, 2.75) is 33.4 Å². The Hall–Kier alpha value is -1.26. The zero-order chi connectivity index (χ0) is 15.3. The fraction of sp³-hybridized carbons (Fsp3) is 0.625. The number of nitrogens with zero attached hydrogens (tertiary/aromatic N) is 1. The van der Waals surface area contributed by atoms with Gasteiger partial charge in [-0.3, -0.25) is 4.90 Å². The molecule has 0 saturated carbocycles. The molecule has 0 aliphatic carbocycles. The van der Waals surface area contributed by atoms with E-state index in [9.17, 15) is 5.11 Å². The monoisotopic (exact) mass is 281 g/mol. The van der Waals surface area contributed by atoms with Crippen LogP contribution >= 0.6 is 0 Å². The number of hydrogen-bond acceptors (Lipinski definition) is 4. The first-order valence-electron chi connectivity index (χ1n) is 6.86. The molecule has 0 bridgehead atoms. The van der Waals surface area contributed by atoms with Gasteiger partial charge in [-0.2, -0.15) is 0 Å². The van der Waals surface area contributed by atoms with E-state index in [4.69, 9.17) is 9.47 Å². The molecule has 1 atom stereocenters. The van der Waals surface area contributed by atoms with Crippen LogP contribution in [0.3, 0.4) is 0 Å². The Kier molecular flexibility index (Phi) is 5.84. The number of ether oxygens (including phenoxy) is 2. The zero-order valence-corrected chi connectivity index (χ0v) is 13.4. The molecule has 0 saturated heterocycles. The van der Waals surface area contributed by atoms with Crippen LogP contribution < -0.4 is 9.47 Å². The third-order valence-corrected chi connectivity index (χ3v) is 3.61. The first-order chi connectivity index (χ1) is 9.35. The lowest BCUT2D eigenvalue weighted by Crippen LogP contribution is -2.44. The summed E-state index contributed by atoms with van der Waals surface area (Å²) in [6, 6.07) is 5.94. The molecule has 0 aliphatic heterocycles. The lowest BCUT2D eigenvalue weighted by atomic mass is 9.86. The zero-order valence-electron chi connectivity index (χ0n) is 13.4. The molecule has 1 aromatic rings. The van der Waals surface area contributed by atoms with Crippen molar-refractivity contribution in [1.82, 2.24) is 4.90 Å². The minimum atomic E-state index is 0.00953. The Morgan fingerprint density at radius 2 is 1.85 bits per heavy atom. The average Bonchev–Trinajstić information content (AvgIpc) is 2.37. The quantitative estimate of drug-likeness (QED) is 0.870. The highest BCUT2D eigenvalue weighted by Crippen LogP contribution is 2.32. The van der Waals surface area contributed by atoms with Crippen LogP contribution in [-0.4, -0.2) is 43.9 Å². The molecule has 1 rings (SSSR count). The minimum absolute atomic E-state index is 0.00953. The average molecular weight is 281 g/mol. The van der Waals surface area contributed by atoms with Crippen molar-refractivity contribution in [1.29, 1.82) is 0 Å². The van der Waals surface area contributed by atoms with E-state index in [1.54, 1.807) is 14.2 Å². The number of hydrogen-bond donors (Lipinski definition) is 1. The molecule has 0 aromatic heterocycles. The fourth-order valence-electron chi connectivity index (χ4n) is 2.53. The summed E-state index contributed by atoms with van der Waals surface area (Å²) in [6.45, 7) is 7.22. The molecule has 4 nitrogen and oxygen atoms in total. The van der Waals surface area contributed by atoms with Crippen LogP contribution in [0.5, 0.6) is 11.5 Å². The summed E-state index contributed by atoms with van der Waals surface area (Å²) in [5.41, 5.74) is 1.06. The van der Waals surface area contributed by atoms with Crippen LogP contribution in [0, 0.1) is 5.41 Å². The Labute approximate surface area is 122 Å². The summed E-state index contributed by atoms with van der Waals surface area (Å²) in [4.78, 5) is 2.15. The van der Waals surface area contributed by atoms with Crippen LogP contribution in [-0.2, 0) is 6.54 Å². The molecule has 0 aliphatic rings. The van der Waals surface area contributed by atoms with Gasteiger partial charge in [0.1, 0.15) is 0 Å². The highest BCUT2D eigenvalue weighted by molar-refractivity contribution is 5.46. The van der Waals surface area contributed by atoms with Gasteiger partial charge in [0.05, 0.1) is 20.8 Å². The normalized spacial score (nSPS) is 13.4. The first-order valence-corrected chi connectivity index (χ1v) is 6.86. The van der Waals surface area contributed by atoms with Crippen LogP contribution in [0.4, 0.5) is 0 Å². The van der Waals surface area contributed by atoms with Gasteiger partial charge in [0.25, 0.3) is 0 Å². The van der Waals surface area contributed by atoms with Crippen LogP contribution in [0.15, 0.2) is 18.2 Å². The number of likely N-dealkylation sites (N-methyl/N-ethyl adjacent to an activating group) is 1. The SMILES string of the molecule is COc1cccc(CN(C)C(CO)C(C)(C)C)c1OC. The summed E-state index contributed by atoms with van der Waals surface area (Å²) in [7, 11) is 5.30. The van der Waals surface area contributed by atoms with E-state index in [0.29, 0.717) is 6.54 Å². The van der Waals surface area contributed by atoms with E-state index in [1.807, 2.05) is 25.2 Å². The van der Waals surface area contributed by atoms with Gasteiger partial charge in [-0.25, -0.2) is 0 Å². The first kappa shape index (κ1) is 16.8. The molecule has 1 N–H and O–H groups in total. The number of benzene rings is 1. The predicted molar refractivity (Wildman–Crippen MR) is 81.3 cm³/mol. The van der Waals surface area contributed by atoms with E-state index >= 15 is 0 Å². The number of aliphatic hydroxyl groups is 1. The van der Waals surface area contributed by atoms with Crippen LogP contribution in [0.25, 0.3) is 0 Å². The number of methoxy groups -OCH3 is 2. The third-order valence-electron chi connectivity index (χ3n) is 3.61. The molecule has 0 fully saturated rings. The van der Waals surface area contributed by atoms with Crippen molar-refractivity contribution in [2.75, 3.05) is 27.9 Å². The van der Waals surface area contributed by atoms with Crippen molar-refractivity contribution in [3.05, 3.63) is 23.8 Å². The molecule has 0 radical (unpaired) electrons. The van der Waals surface area contributed by atoms with E-state index in [2.05, 4.69) is 25.7 Å². The Morgan fingerprint density at radius 3 is 2.30 bits per heavy atom. The Balaban J connectivity index is 2.98. The van der Waals surface area contributed by atoms with Gasteiger partial charge in [-0.15, -0.1) is 0 Å². The summed E-state index contributed by atoms with van der Waals surface area (Å²) in [5.74, 6) is 1.49. The third kappa shape index (κ3) is 3.87. The summed E-state index contributed by atoms with van der Waals surface area (Å²) in [5, 5.41) is 9.64. The number of rotatable bonds is 6. The van der Waals surface area contributed by atoms with Crippen LogP contribution in [0.2, 0.25) is 0 Å². The van der Waals surface area contributed by atoms with Gasteiger partial charge in [0, 0.05) is 18.2 Å². The van der Waals surface area contributed by atoms with E-state index in [-0.39, 0.29) is 18.1 Å². The van der Waals surface area contributed by atoms with Gasteiger partial charge >= 0.3 is 0 Å². The maximum atomic E-state index is 9.64. The van der Waals surface area contributed by atoms with E-state index < -0.39 is 0 Å². The molecular formula is C16H27NO3. The van der Waals surface area contributed by atoms with E-state index in [0.717, 1.165) is 17.1 Å². The molecule has 1 unspecified atom stereocenters. The van der Waals surface area contributed by atoms with Gasteiger partial charge in [-0.1, -0.05) is 32.9 Å². The highest BCUT2D eigenvalue weighted by atomic mass is 16.5. The molecule has 114 valence electrons. The fourth-order valence-corrected chi connectivity index (χ4v) is 2.53. The van der Waals surface area contributed by atoms with Crippen molar-refractivity contribution in [2.24, 2.45) is 5.41 Å². The predicted octanol–water partition coefficient (Wildman–Crippen LogP) is 2.54. The van der Waals surface area contributed by atoms with Gasteiger partial charge in [0.15, 0.2) is 11.5 Å². The standard InChI is InChI=1S/C16H27NO3/c1-16(2,3)14(11-18)17(4)10-12-8-7-9-13(19-5)15(12)20-6/h7-9,14,18H,10-11H2,1-6H3. The molecule has 20 heavy (non-hydrogen) atoms. The maximum Gasteiger partial charge on any atom is 0.165 e. The topological polar surface area (TPSA) is 41.9 Å². The lowest BCUT2D eigenvalue weighted by molar-refractivity contribution is 0.0609. The van der Waals surface area contributed by atoms with Crippen molar-refractivity contribution in [3.8, 4) is 11.5 Å². The number of aliphatic hydroxyl groups excluding tert-OH is 1. The van der Waals surface area contributed by atoms with Gasteiger partial charge < -0.3 is 14.6 Å². The number of para-hydroxylation sites is 1. The molecule has 1 aromatic carbocycles. The Morgan fingerprint density at radius 1 is 1.20 bits per heavy atom. The minimum Gasteiger partial charge on any atom is -0.493 e. The largest absolute Gasteiger partial charge is 0.493 e. The Bertz CT molecular complexity index is 426. The van der Waals surface area contributed by atoms with E-state index in [1.165, 1.54) is 0 Å². The molecule has 4 heteroatoms. The highest BCUT2D eigenvalue weighted by Gasteiger charge is 2.28. The second-order valence-electron chi connectivity index (χ2n) is 6.13. The maximum absolute atomic E-state index is 9.64. The van der Waals surface area contributed by atoms with Gasteiger partial charge in [0.2, 0.25) is 0 Å². The van der Waals surface area contributed by atoms with Crippen LogP contribution in [0.1, 0.15) is 26.3 Å². The van der Waals surface area contributed by atoms with Gasteiger partial charge in [-0.05, 0) is 18.5 Å². The molecule has 0 heterocycles. The summed E-state index contributed by atoms with van der Waals surface area (Å²) >= 11 is 0. The summed E-state index contributed by atoms with van der Waals surface area (Å²) in [6.07, 6.45) is 0. The lowest BCUT2D eigenvalue weighted by Gasteiger charge is -2.37.